The van der Waals surface area contributed by atoms with Crippen LogP contribution in [-0.2, 0) is 14.3 Å². The van der Waals surface area contributed by atoms with E-state index in [1.807, 2.05) is 30.3 Å². The summed E-state index contributed by atoms with van der Waals surface area (Å²) < 4.78 is 65.2. The fraction of sp³-hybridized carbons (Fsp3) is 0.375. The summed E-state index contributed by atoms with van der Waals surface area (Å²) in [5.74, 6) is -0.737. The maximum absolute atomic E-state index is 12.1. The molecular weight excluding hydrogens is 365 g/mol. The van der Waals surface area contributed by atoms with Gasteiger partial charge in [0.2, 0.25) is 0 Å². The molecule has 1 unspecified atom stereocenters. The van der Waals surface area contributed by atoms with Crippen molar-refractivity contribution >= 4 is 27.3 Å². The van der Waals surface area contributed by atoms with Crippen molar-refractivity contribution in [1.29, 1.82) is 0 Å². The lowest BCUT2D eigenvalue weighted by atomic mass is 9.95. The van der Waals surface area contributed by atoms with Crippen molar-refractivity contribution in [2.24, 2.45) is 0 Å². The lowest BCUT2D eigenvalue weighted by Crippen LogP contribution is -2.30. The molecule has 1 atom stereocenters. The third kappa shape index (κ3) is 5.96. The molecule has 0 fully saturated rings. The van der Waals surface area contributed by atoms with Gasteiger partial charge in [-0.1, -0.05) is 54.1 Å². The molecule has 0 radical (unpaired) electrons. The van der Waals surface area contributed by atoms with Crippen LogP contribution in [0.4, 0.5) is 13.2 Å². The van der Waals surface area contributed by atoms with Gasteiger partial charge in [0.1, 0.15) is 0 Å². The number of allylic oxidation sites excluding steroid dienone is 2. The van der Waals surface area contributed by atoms with Crippen LogP contribution in [-0.4, -0.2) is 25.4 Å². The molecule has 132 valence electrons. The smallest absolute Gasteiger partial charge is 0.242 e. The third-order valence-corrected chi connectivity index (χ3v) is 5.11. The Morgan fingerprint density at radius 3 is 2.50 bits per heavy atom. The van der Waals surface area contributed by atoms with E-state index in [1.165, 1.54) is 6.08 Å². The van der Waals surface area contributed by atoms with Gasteiger partial charge < -0.3 is 0 Å². The van der Waals surface area contributed by atoms with Crippen LogP contribution in [0.25, 0.3) is 5.57 Å². The van der Waals surface area contributed by atoms with Crippen LogP contribution in [0.15, 0.2) is 48.6 Å². The summed E-state index contributed by atoms with van der Waals surface area (Å²) >= 11 is 6.22. The summed E-state index contributed by atoms with van der Waals surface area (Å²) in [7, 11) is -4.18. The molecule has 1 aromatic carbocycles. The Bertz CT molecular complexity index is 727. The molecule has 0 heterocycles. The van der Waals surface area contributed by atoms with Gasteiger partial charge in [0.25, 0.3) is 10.1 Å². The predicted molar refractivity (Wildman–Crippen MR) is 86.9 cm³/mol. The Morgan fingerprint density at radius 2 is 1.88 bits per heavy atom. The zero-order valence-electron chi connectivity index (χ0n) is 12.6. The molecule has 0 saturated carbocycles. The first-order valence-electron chi connectivity index (χ1n) is 7.21. The maximum Gasteiger partial charge on any atom is 0.389 e. The van der Waals surface area contributed by atoms with E-state index in [2.05, 4.69) is 0 Å². The first-order valence-corrected chi connectivity index (χ1v) is 9.17. The number of benzene rings is 1. The minimum Gasteiger partial charge on any atom is -0.242 e. The summed E-state index contributed by atoms with van der Waals surface area (Å²) in [4.78, 5) is 0. The van der Waals surface area contributed by atoms with E-state index in [4.69, 9.17) is 15.8 Å². The highest BCUT2D eigenvalue weighted by Gasteiger charge is 2.35. The molecule has 0 saturated heterocycles. The Morgan fingerprint density at radius 1 is 1.21 bits per heavy atom. The van der Waals surface area contributed by atoms with Crippen LogP contribution in [0.3, 0.4) is 0 Å². The van der Waals surface area contributed by atoms with Crippen LogP contribution in [0, 0.1) is 0 Å². The molecule has 1 aliphatic carbocycles. The molecule has 0 spiro atoms. The molecule has 0 aliphatic heterocycles. The van der Waals surface area contributed by atoms with E-state index < -0.39 is 39.9 Å². The lowest BCUT2D eigenvalue weighted by molar-refractivity contribution is -0.134. The van der Waals surface area contributed by atoms with E-state index in [0.29, 0.717) is 0 Å². The van der Waals surface area contributed by atoms with Gasteiger partial charge >= 0.3 is 6.18 Å². The number of halogens is 4. The van der Waals surface area contributed by atoms with Gasteiger partial charge in [-0.2, -0.15) is 21.6 Å². The van der Waals surface area contributed by atoms with Crippen LogP contribution >= 0.6 is 11.6 Å². The van der Waals surface area contributed by atoms with Gasteiger partial charge in [0.15, 0.2) is 5.06 Å². The largest absolute Gasteiger partial charge is 0.389 e. The normalized spacial score (nSPS) is 21.6. The molecule has 1 aromatic rings. The van der Waals surface area contributed by atoms with Crippen molar-refractivity contribution in [3.05, 3.63) is 54.1 Å². The van der Waals surface area contributed by atoms with Crippen molar-refractivity contribution in [1.82, 2.24) is 0 Å². The highest BCUT2D eigenvalue weighted by atomic mass is 35.5. The van der Waals surface area contributed by atoms with Crippen LogP contribution in [0.5, 0.6) is 0 Å². The second kappa shape index (κ2) is 7.29. The quantitative estimate of drug-likeness (QED) is 0.532. The second-order valence-electron chi connectivity index (χ2n) is 5.44. The maximum atomic E-state index is 12.1. The molecule has 8 heteroatoms. The van der Waals surface area contributed by atoms with Gasteiger partial charge in [0, 0.05) is 12.8 Å². The molecule has 3 nitrogen and oxygen atoms in total. The van der Waals surface area contributed by atoms with Gasteiger partial charge in [0.05, 0.1) is 5.75 Å². The highest BCUT2D eigenvalue weighted by Crippen LogP contribution is 2.37. The average molecular weight is 381 g/mol. The highest BCUT2D eigenvalue weighted by molar-refractivity contribution is 7.86. The van der Waals surface area contributed by atoms with E-state index in [1.54, 1.807) is 12.2 Å². The molecular formula is C16H16ClF3O3S. The van der Waals surface area contributed by atoms with Crippen molar-refractivity contribution in [2.45, 2.75) is 30.5 Å². The Hall–Kier alpha value is -1.31. The summed E-state index contributed by atoms with van der Waals surface area (Å²) in [5.41, 5.74) is 1.64. The topological polar surface area (TPSA) is 43.4 Å². The van der Waals surface area contributed by atoms with Crippen molar-refractivity contribution in [3.8, 4) is 0 Å². The molecule has 0 aromatic heterocycles. The third-order valence-electron chi connectivity index (χ3n) is 3.34. The molecule has 0 bridgehead atoms. The monoisotopic (exact) mass is 380 g/mol. The van der Waals surface area contributed by atoms with E-state index in [9.17, 15) is 21.6 Å². The van der Waals surface area contributed by atoms with Gasteiger partial charge in [-0.15, -0.1) is 0 Å². The fourth-order valence-corrected chi connectivity index (χ4v) is 3.92. The van der Waals surface area contributed by atoms with Crippen molar-refractivity contribution in [2.75, 3.05) is 5.75 Å². The number of rotatable bonds is 6. The van der Waals surface area contributed by atoms with Gasteiger partial charge in [-0.05, 0) is 23.6 Å². The first kappa shape index (κ1) is 19.0. The minimum absolute atomic E-state index is 0.0908. The van der Waals surface area contributed by atoms with Crippen molar-refractivity contribution in [3.63, 3.8) is 0 Å². The van der Waals surface area contributed by atoms with E-state index in [0.717, 1.165) is 11.1 Å². The van der Waals surface area contributed by atoms with Gasteiger partial charge in [-0.3, -0.25) is 0 Å². The molecule has 0 N–H and O–H groups in total. The number of hydrogen-bond acceptors (Lipinski definition) is 3. The summed E-state index contributed by atoms with van der Waals surface area (Å²) in [5, 5.41) is -1.63. The first-order chi connectivity index (χ1) is 11.1. The van der Waals surface area contributed by atoms with Gasteiger partial charge in [-0.25, -0.2) is 4.18 Å². The SMILES string of the molecule is O=S(=O)(CCCC(F)(F)F)OC1(Cl)C=CC=C(c2ccccc2)C1. The molecule has 24 heavy (non-hydrogen) atoms. The summed E-state index contributed by atoms with van der Waals surface area (Å²) in [6.45, 7) is 0. The summed E-state index contributed by atoms with van der Waals surface area (Å²) in [6, 6.07) is 9.21. The zero-order chi connectivity index (χ0) is 17.8. The molecule has 1 aliphatic rings. The lowest BCUT2D eigenvalue weighted by Gasteiger charge is -2.27. The van der Waals surface area contributed by atoms with Crippen LogP contribution < -0.4 is 0 Å². The van der Waals surface area contributed by atoms with Crippen LogP contribution in [0.1, 0.15) is 24.8 Å². The zero-order valence-corrected chi connectivity index (χ0v) is 14.2. The predicted octanol–water partition coefficient (Wildman–Crippen LogP) is 4.65. The second-order valence-corrected chi connectivity index (χ2v) is 7.77. The summed E-state index contributed by atoms with van der Waals surface area (Å²) in [6.07, 6.45) is -1.32. The van der Waals surface area contributed by atoms with E-state index >= 15 is 0 Å². The Kier molecular flexibility index (Phi) is 5.78. The van der Waals surface area contributed by atoms with Crippen molar-refractivity contribution < 1.29 is 25.8 Å². The Labute approximate surface area is 143 Å². The molecule has 2 rings (SSSR count). The molecule has 0 amide bonds. The van der Waals surface area contributed by atoms with Crippen LogP contribution in [0.2, 0.25) is 0 Å². The van der Waals surface area contributed by atoms with E-state index in [-0.39, 0.29) is 6.42 Å². The fourth-order valence-electron chi connectivity index (χ4n) is 2.30. The number of hydrogen-bond donors (Lipinski definition) is 0. The average Bonchev–Trinajstić information content (AvgIpc) is 2.45. The standard InChI is InChI=1S/C16H16ClF3O3S/c17-15(23-24(21,22)11-5-10-16(18,19)20)9-4-8-14(12-15)13-6-2-1-3-7-13/h1-4,6-9H,5,10-12H2. The number of alkyl halides is 4. The Balaban J connectivity index is 2.01. The minimum atomic E-state index is -4.40.